The van der Waals surface area contributed by atoms with E-state index in [-0.39, 0.29) is 5.91 Å². The van der Waals surface area contributed by atoms with Gasteiger partial charge in [-0.15, -0.1) is 0 Å². The molecule has 0 fully saturated rings. The zero-order valence-electron chi connectivity index (χ0n) is 11.9. The molecule has 0 saturated heterocycles. The second-order valence-corrected chi connectivity index (χ2v) is 5.18. The van der Waals surface area contributed by atoms with Crippen LogP contribution in [0.2, 0.25) is 5.02 Å². The fourth-order valence-corrected chi connectivity index (χ4v) is 2.39. The monoisotopic (exact) mass is 315 g/mol. The lowest BCUT2D eigenvalue weighted by Crippen LogP contribution is -2.23. The molecule has 0 atom stereocenters. The van der Waals surface area contributed by atoms with Crippen LogP contribution in [0.5, 0.6) is 0 Å². The Labute approximate surface area is 132 Å². The summed E-state index contributed by atoms with van der Waals surface area (Å²) in [6, 6.07) is 10.9. The molecule has 1 amide bonds. The van der Waals surface area contributed by atoms with Gasteiger partial charge in [-0.25, -0.2) is 4.68 Å². The van der Waals surface area contributed by atoms with E-state index in [1.807, 2.05) is 25.1 Å². The number of nitrogens with zero attached hydrogens (tertiary/aromatic N) is 2. The Morgan fingerprint density at radius 3 is 2.86 bits per heavy atom. The molecular formula is C16H14ClN3O2. The van der Waals surface area contributed by atoms with Gasteiger partial charge in [-0.1, -0.05) is 23.7 Å². The fraction of sp³-hybridized carbons (Fsp3) is 0.125. The van der Waals surface area contributed by atoms with E-state index in [1.165, 1.54) is 6.20 Å². The summed E-state index contributed by atoms with van der Waals surface area (Å²) in [6.45, 7) is 2.17. The smallest absolute Gasteiger partial charge is 0.255 e. The zero-order chi connectivity index (χ0) is 15.5. The third kappa shape index (κ3) is 2.76. The van der Waals surface area contributed by atoms with Crippen molar-refractivity contribution in [1.29, 1.82) is 0 Å². The molecule has 0 aliphatic carbocycles. The molecule has 0 saturated carbocycles. The number of aromatic nitrogens is 2. The van der Waals surface area contributed by atoms with Crippen molar-refractivity contribution in [3.05, 3.63) is 70.9 Å². The molecule has 3 rings (SSSR count). The van der Waals surface area contributed by atoms with Crippen LogP contribution < -0.4 is 5.32 Å². The third-order valence-corrected chi connectivity index (χ3v) is 3.66. The van der Waals surface area contributed by atoms with Gasteiger partial charge in [-0.3, -0.25) is 4.79 Å². The number of rotatable bonds is 4. The Bertz CT molecular complexity index is 794. The van der Waals surface area contributed by atoms with Gasteiger partial charge in [0.1, 0.15) is 5.76 Å². The largest absolute Gasteiger partial charge is 0.467 e. The molecule has 1 aromatic carbocycles. The Morgan fingerprint density at radius 1 is 1.32 bits per heavy atom. The number of carbonyl (C=O) groups is 1. The summed E-state index contributed by atoms with van der Waals surface area (Å²) in [5.74, 6) is 0.497. The van der Waals surface area contributed by atoms with Crippen LogP contribution in [0.25, 0.3) is 5.69 Å². The summed E-state index contributed by atoms with van der Waals surface area (Å²) in [6.07, 6.45) is 3.11. The third-order valence-electron chi connectivity index (χ3n) is 3.34. The highest BCUT2D eigenvalue weighted by Gasteiger charge is 2.16. The quantitative estimate of drug-likeness (QED) is 0.803. The van der Waals surface area contributed by atoms with Gasteiger partial charge < -0.3 is 9.73 Å². The second kappa shape index (κ2) is 6.07. The molecule has 3 aromatic rings. The van der Waals surface area contributed by atoms with Crippen LogP contribution >= 0.6 is 11.6 Å². The Hall–Kier alpha value is -2.53. The number of para-hydroxylation sites is 1. The summed E-state index contributed by atoms with van der Waals surface area (Å²) in [7, 11) is 0. The van der Waals surface area contributed by atoms with Crippen LogP contribution in [0.4, 0.5) is 0 Å². The first-order chi connectivity index (χ1) is 10.7. The minimum atomic E-state index is -0.202. The van der Waals surface area contributed by atoms with Gasteiger partial charge in [-0.2, -0.15) is 5.10 Å². The number of halogens is 1. The lowest BCUT2D eigenvalue weighted by molar-refractivity contribution is 0.0947. The van der Waals surface area contributed by atoms with Crippen molar-refractivity contribution in [2.75, 3.05) is 0 Å². The molecule has 2 heterocycles. The second-order valence-electron chi connectivity index (χ2n) is 4.77. The van der Waals surface area contributed by atoms with E-state index in [2.05, 4.69) is 10.4 Å². The molecule has 1 N–H and O–H groups in total. The summed E-state index contributed by atoms with van der Waals surface area (Å²) < 4.78 is 6.84. The summed E-state index contributed by atoms with van der Waals surface area (Å²) >= 11 is 6.17. The fourth-order valence-electron chi connectivity index (χ4n) is 2.17. The van der Waals surface area contributed by atoms with E-state index in [9.17, 15) is 4.79 Å². The van der Waals surface area contributed by atoms with E-state index in [4.69, 9.17) is 16.0 Å². The summed E-state index contributed by atoms with van der Waals surface area (Å²) in [4.78, 5) is 12.3. The highest BCUT2D eigenvalue weighted by atomic mass is 35.5. The van der Waals surface area contributed by atoms with E-state index >= 15 is 0 Å². The van der Waals surface area contributed by atoms with Crippen LogP contribution in [0.1, 0.15) is 21.8 Å². The summed E-state index contributed by atoms with van der Waals surface area (Å²) in [5, 5.41) is 7.64. The van der Waals surface area contributed by atoms with Crippen molar-refractivity contribution in [1.82, 2.24) is 15.1 Å². The number of amides is 1. The molecule has 0 unspecified atom stereocenters. The maximum Gasteiger partial charge on any atom is 0.255 e. The molecule has 112 valence electrons. The minimum absolute atomic E-state index is 0.202. The van der Waals surface area contributed by atoms with Gasteiger partial charge in [0.25, 0.3) is 5.91 Å². The molecule has 22 heavy (non-hydrogen) atoms. The number of nitrogens with one attached hydrogen (secondary N) is 1. The highest BCUT2D eigenvalue weighted by Crippen LogP contribution is 2.22. The molecule has 0 bridgehead atoms. The molecule has 0 aliphatic rings. The predicted octanol–water partition coefficient (Wildman–Crippen LogP) is 3.36. The Morgan fingerprint density at radius 2 is 2.14 bits per heavy atom. The molecule has 5 nitrogen and oxygen atoms in total. The average molecular weight is 316 g/mol. The van der Waals surface area contributed by atoms with E-state index in [0.717, 1.165) is 11.4 Å². The summed E-state index contributed by atoms with van der Waals surface area (Å²) in [5.41, 5.74) is 1.98. The lowest BCUT2D eigenvalue weighted by Gasteiger charge is -2.07. The Kier molecular flexibility index (Phi) is 3.98. The van der Waals surface area contributed by atoms with Crippen molar-refractivity contribution < 1.29 is 9.21 Å². The van der Waals surface area contributed by atoms with Gasteiger partial charge >= 0.3 is 0 Å². The number of benzene rings is 1. The van der Waals surface area contributed by atoms with Crippen LogP contribution in [0.3, 0.4) is 0 Å². The maximum atomic E-state index is 12.3. The number of furan rings is 1. The molecule has 0 aliphatic heterocycles. The van der Waals surface area contributed by atoms with Crippen LogP contribution in [0.15, 0.2) is 53.3 Å². The standard InChI is InChI=1S/C16H14ClN3O2/c1-11-13(16(21)18-9-12-5-4-8-22-12)10-19-20(11)15-7-3-2-6-14(15)17/h2-8,10H,9H2,1H3,(H,18,21). The van der Waals surface area contributed by atoms with Crippen LogP contribution in [-0.4, -0.2) is 15.7 Å². The van der Waals surface area contributed by atoms with Crippen molar-refractivity contribution in [3.8, 4) is 5.69 Å². The number of hydrogen-bond donors (Lipinski definition) is 1. The highest BCUT2D eigenvalue weighted by molar-refractivity contribution is 6.32. The van der Waals surface area contributed by atoms with Crippen molar-refractivity contribution in [2.45, 2.75) is 13.5 Å². The van der Waals surface area contributed by atoms with Gasteiger partial charge in [0.15, 0.2) is 0 Å². The first-order valence-electron chi connectivity index (χ1n) is 6.77. The van der Waals surface area contributed by atoms with Crippen molar-refractivity contribution in [3.63, 3.8) is 0 Å². The number of carbonyl (C=O) groups excluding carboxylic acids is 1. The van der Waals surface area contributed by atoms with Gasteiger partial charge in [0, 0.05) is 0 Å². The van der Waals surface area contributed by atoms with Gasteiger partial charge in [0.05, 0.1) is 41.0 Å². The van der Waals surface area contributed by atoms with Crippen LogP contribution in [-0.2, 0) is 6.54 Å². The molecular weight excluding hydrogens is 302 g/mol. The van der Waals surface area contributed by atoms with E-state index in [1.54, 1.807) is 29.1 Å². The van der Waals surface area contributed by atoms with E-state index < -0.39 is 0 Å². The number of hydrogen-bond acceptors (Lipinski definition) is 3. The maximum absolute atomic E-state index is 12.3. The lowest BCUT2D eigenvalue weighted by atomic mass is 10.2. The molecule has 2 aromatic heterocycles. The molecule has 0 spiro atoms. The predicted molar refractivity (Wildman–Crippen MR) is 83.2 cm³/mol. The van der Waals surface area contributed by atoms with Gasteiger partial charge in [0.2, 0.25) is 0 Å². The Balaban J connectivity index is 1.81. The SMILES string of the molecule is Cc1c(C(=O)NCc2ccco2)cnn1-c1ccccc1Cl. The van der Waals surface area contributed by atoms with E-state index in [0.29, 0.717) is 22.9 Å². The van der Waals surface area contributed by atoms with Crippen LogP contribution in [0, 0.1) is 6.92 Å². The zero-order valence-corrected chi connectivity index (χ0v) is 12.7. The topological polar surface area (TPSA) is 60.1 Å². The van der Waals surface area contributed by atoms with Gasteiger partial charge in [-0.05, 0) is 31.2 Å². The average Bonchev–Trinajstić information content (AvgIpc) is 3.15. The first-order valence-corrected chi connectivity index (χ1v) is 7.14. The van der Waals surface area contributed by atoms with Crippen molar-refractivity contribution >= 4 is 17.5 Å². The first kappa shape index (κ1) is 14.4. The molecule has 0 radical (unpaired) electrons. The minimum Gasteiger partial charge on any atom is -0.467 e. The normalized spacial score (nSPS) is 10.6. The molecule has 6 heteroatoms. The van der Waals surface area contributed by atoms with Crippen molar-refractivity contribution in [2.24, 2.45) is 0 Å².